The quantitative estimate of drug-likeness (QED) is 0.720. The van der Waals surface area contributed by atoms with Gasteiger partial charge in [0, 0.05) is 24.6 Å². The highest BCUT2D eigenvalue weighted by atomic mass is 16.2. The summed E-state index contributed by atoms with van der Waals surface area (Å²) in [6.07, 6.45) is 3.29. The van der Waals surface area contributed by atoms with E-state index in [9.17, 15) is 14.4 Å². The summed E-state index contributed by atoms with van der Waals surface area (Å²) in [5.74, 6) is -0.0801. The minimum Gasteiger partial charge on any atom is -0.350 e. The van der Waals surface area contributed by atoms with Crippen LogP contribution in [0, 0.1) is 0 Å². The van der Waals surface area contributed by atoms with E-state index in [4.69, 9.17) is 0 Å². The van der Waals surface area contributed by atoms with Crippen LogP contribution in [0.3, 0.4) is 0 Å². The molecule has 0 fully saturated rings. The SMILES string of the molecule is O=C(Cn1c(=O)nc2n1C(=O)N(c1ccccc1)C2)NCc1cccnc1. The second kappa shape index (κ2) is 6.87. The van der Waals surface area contributed by atoms with Crippen LogP contribution in [0.1, 0.15) is 11.4 Å². The van der Waals surface area contributed by atoms with Crippen molar-refractivity contribution in [3.05, 3.63) is 76.7 Å². The van der Waals surface area contributed by atoms with Gasteiger partial charge in [-0.3, -0.25) is 14.7 Å². The van der Waals surface area contributed by atoms with E-state index >= 15 is 0 Å². The number of carbonyl (C=O) groups is 2. The van der Waals surface area contributed by atoms with Gasteiger partial charge in [0.1, 0.15) is 6.54 Å². The number of fused-ring (bicyclic) bond motifs is 1. The highest BCUT2D eigenvalue weighted by molar-refractivity contribution is 5.95. The van der Waals surface area contributed by atoms with Gasteiger partial charge in [-0.05, 0) is 23.8 Å². The van der Waals surface area contributed by atoms with Crippen LogP contribution in [-0.2, 0) is 24.4 Å². The summed E-state index contributed by atoms with van der Waals surface area (Å²) >= 11 is 0. The average Bonchev–Trinajstić information content (AvgIpc) is 3.17. The van der Waals surface area contributed by atoms with E-state index in [1.165, 1.54) is 9.58 Å². The Bertz CT molecular complexity index is 1040. The minimum atomic E-state index is -0.623. The zero-order valence-corrected chi connectivity index (χ0v) is 14.3. The van der Waals surface area contributed by atoms with E-state index in [-0.39, 0.29) is 19.6 Å². The lowest BCUT2D eigenvalue weighted by atomic mass is 10.3. The molecule has 0 bridgehead atoms. The second-order valence-corrected chi connectivity index (χ2v) is 6.02. The van der Waals surface area contributed by atoms with Crippen molar-refractivity contribution in [2.75, 3.05) is 4.90 Å². The molecule has 1 aliphatic rings. The molecule has 1 aliphatic heterocycles. The van der Waals surface area contributed by atoms with Gasteiger partial charge in [-0.15, -0.1) is 0 Å². The van der Waals surface area contributed by atoms with Crippen molar-refractivity contribution in [2.24, 2.45) is 0 Å². The van der Waals surface area contributed by atoms with Crippen molar-refractivity contribution in [3.63, 3.8) is 0 Å². The number of amides is 2. The number of carbonyl (C=O) groups excluding carboxylic acids is 2. The molecule has 3 aromatic rings. The molecule has 0 atom stereocenters. The summed E-state index contributed by atoms with van der Waals surface area (Å²) in [5, 5.41) is 2.71. The molecule has 2 aromatic heterocycles. The topological polar surface area (TPSA) is 102 Å². The molecule has 2 amide bonds. The fraction of sp³-hybridized carbons (Fsp3) is 0.167. The number of rotatable bonds is 5. The zero-order valence-electron chi connectivity index (χ0n) is 14.3. The molecule has 9 nitrogen and oxygen atoms in total. The number of aromatic nitrogens is 4. The monoisotopic (exact) mass is 364 g/mol. The molecule has 0 radical (unpaired) electrons. The van der Waals surface area contributed by atoms with Gasteiger partial charge in [0.25, 0.3) is 0 Å². The highest BCUT2D eigenvalue weighted by Gasteiger charge is 2.33. The number of benzene rings is 1. The lowest BCUT2D eigenvalue weighted by Crippen LogP contribution is -2.38. The van der Waals surface area contributed by atoms with Crippen LogP contribution in [0.2, 0.25) is 0 Å². The van der Waals surface area contributed by atoms with Crippen molar-refractivity contribution in [1.82, 2.24) is 24.6 Å². The molecular formula is C18H16N6O3. The van der Waals surface area contributed by atoms with Crippen molar-refractivity contribution >= 4 is 17.6 Å². The summed E-state index contributed by atoms with van der Waals surface area (Å²) in [6, 6.07) is 12.3. The zero-order chi connectivity index (χ0) is 18.8. The Kier molecular flexibility index (Phi) is 4.25. The first-order valence-corrected chi connectivity index (χ1v) is 8.35. The molecule has 3 heterocycles. The third kappa shape index (κ3) is 3.22. The van der Waals surface area contributed by atoms with Crippen LogP contribution in [0.15, 0.2) is 59.7 Å². The lowest BCUT2D eigenvalue weighted by molar-refractivity contribution is -0.122. The van der Waals surface area contributed by atoms with Crippen LogP contribution < -0.4 is 15.9 Å². The van der Waals surface area contributed by atoms with Crippen LogP contribution in [0.25, 0.3) is 0 Å². The van der Waals surface area contributed by atoms with Gasteiger partial charge in [0.05, 0.1) is 6.54 Å². The van der Waals surface area contributed by atoms with Crippen molar-refractivity contribution in [2.45, 2.75) is 19.6 Å². The van der Waals surface area contributed by atoms with Crippen LogP contribution in [-0.4, -0.2) is 31.3 Å². The first-order chi connectivity index (χ1) is 13.1. The maximum Gasteiger partial charge on any atom is 0.365 e. The molecule has 4 rings (SSSR count). The van der Waals surface area contributed by atoms with Gasteiger partial charge in [0.2, 0.25) is 5.91 Å². The Morgan fingerprint density at radius 1 is 1.11 bits per heavy atom. The third-order valence-corrected chi connectivity index (χ3v) is 4.22. The van der Waals surface area contributed by atoms with E-state index in [0.717, 1.165) is 10.2 Å². The van der Waals surface area contributed by atoms with Gasteiger partial charge in [0.15, 0.2) is 5.82 Å². The fourth-order valence-corrected chi connectivity index (χ4v) is 2.92. The van der Waals surface area contributed by atoms with Gasteiger partial charge in [-0.1, -0.05) is 24.3 Å². The molecule has 9 heteroatoms. The summed E-state index contributed by atoms with van der Waals surface area (Å²) in [7, 11) is 0. The average molecular weight is 364 g/mol. The first kappa shape index (κ1) is 16.7. The molecule has 27 heavy (non-hydrogen) atoms. The van der Waals surface area contributed by atoms with Crippen LogP contribution in [0.4, 0.5) is 10.5 Å². The number of hydrogen-bond donors (Lipinski definition) is 1. The lowest BCUT2D eigenvalue weighted by Gasteiger charge is -2.15. The van der Waals surface area contributed by atoms with Crippen molar-refractivity contribution in [1.29, 1.82) is 0 Å². The summed E-state index contributed by atoms with van der Waals surface area (Å²) in [4.78, 5) is 46.5. The Morgan fingerprint density at radius 2 is 1.93 bits per heavy atom. The summed E-state index contributed by atoms with van der Waals surface area (Å²) in [6.45, 7) is 0.176. The van der Waals surface area contributed by atoms with Crippen LogP contribution >= 0.6 is 0 Å². The highest BCUT2D eigenvalue weighted by Crippen LogP contribution is 2.22. The maximum atomic E-state index is 12.7. The molecule has 0 unspecified atom stereocenters. The molecule has 136 valence electrons. The fourth-order valence-electron chi connectivity index (χ4n) is 2.92. The predicted octanol–water partition coefficient (Wildman–Crippen LogP) is 0.744. The van der Waals surface area contributed by atoms with E-state index in [1.54, 1.807) is 30.6 Å². The number of nitrogens with zero attached hydrogens (tertiary/aromatic N) is 5. The normalized spacial score (nSPS) is 12.9. The predicted molar refractivity (Wildman–Crippen MR) is 96.0 cm³/mol. The molecule has 0 saturated carbocycles. The molecule has 1 aromatic carbocycles. The van der Waals surface area contributed by atoms with Gasteiger partial charge in [-0.2, -0.15) is 9.67 Å². The largest absolute Gasteiger partial charge is 0.365 e. The minimum absolute atomic E-state index is 0.183. The van der Waals surface area contributed by atoms with Gasteiger partial charge in [-0.25, -0.2) is 14.3 Å². The summed E-state index contributed by atoms with van der Waals surface area (Å²) in [5.41, 5.74) is 0.915. The third-order valence-electron chi connectivity index (χ3n) is 4.22. The molecule has 0 spiro atoms. The number of anilines is 1. The van der Waals surface area contributed by atoms with E-state index in [1.807, 2.05) is 24.3 Å². The maximum absolute atomic E-state index is 12.7. The Hall–Kier alpha value is -3.75. The van der Waals surface area contributed by atoms with Gasteiger partial charge >= 0.3 is 11.7 Å². The molecule has 1 N–H and O–H groups in total. The van der Waals surface area contributed by atoms with Crippen LogP contribution in [0.5, 0.6) is 0 Å². The molecule has 0 saturated heterocycles. The second-order valence-electron chi connectivity index (χ2n) is 6.02. The number of nitrogens with one attached hydrogen (secondary N) is 1. The first-order valence-electron chi connectivity index (χ1n) is 8.35. The molecule has 0 aliphatic carbocycles. The number of hydrogen-bond acceptors (Lipinski definition) is 5. The van der Waals surface area contributed by atoms with E-state index in [0.29, 0.717) is 11.5 Å². The van der Waals surface area contributed by atoms with E-state index in [2.05, 4.69) is 15.3 Å². The Morgan fingerprint density at radius 3 is 2.67 bits per heavy atom. The number of pyridine rings is 1. The standard InChI is InChI=1S/C18H16N6O3/c25-16(20-10-13-5-4-8-19-9-13)12-23-17(26)21-15-11-22(18(27)24(15)23)14-6-2-1-3-7-14/h1-9H,10-12H2,(H,20,25). The Labute approximate surface area is 153 Å². The van der Waals surface area contributed by atoms with Crippen molar-refractivity contribution in [3.8, 4) is 0 Å². The number of para-hydroxylation sites is 1. The van der Waals surface area contributed by atoms with Gasteiger partial charge < -0.3 is 5.32 Å². The Balaban J connectivity index is 1.50. The summed E-state index contributed by atoms with van der Waals surface area (Å²) < 4.78 is 2.22. The van der Waals surface area contributed by atoms with E-state index < -0.39 is 17.6 Å². The molecular weight excluding hydrogens is 348 g/mol. The smallest absolute Gasteiger partial charge is 0.350 e. The van der Waals surface area contributed by atoms with Crippen molar-refractivity contribution < 1.29 is 9.59 Å².